The van der Waals surface area contributed by atoms with Gasteiger partial charge in [-0.15, -0.1) is 4.39 Å². The summed E-state index contributed by atoms with van der Waals surface area (Å²) in [6.07, 6.45) is -0.945. The van der Waals surface area contributed by atoms with Crippen molar-refractivity contribution in [2.75, 3.05) is 18.4 Å². The van der Waals surface area contributed by atoms with Crippen molar-refractivity contribution in [3.63, 3.8) is 0 Å². The Morgan fingerprint density at radius 3 is 2.14 bits per heavy atom. The van der Waals surface area contributed by atoms with Gasteiger partial charge in [0.2, 0.25) is 11.8 Å². The summed E-state index contributed by atoms with van der Waals surface area (Å²) in [6, 6.07) is 4.36. The highest BCUT2D eigenvalue weighted by Gasteiger charge is 2.22. The molecule has 0 spiro atoms. The van der Waals surface area contributed by atoms with Crippen LogP contribution >= 0.6 is 0 Å². The molecule has 0 aliphatic carbocycles. The molecule has 37 heavy (non-hydrogen) atoms. The van der Waals surface area contributed by atoms with E-state index >= 15 is 0 Å². The molecule has 0 aliphatic heterocycles. The Hall–Kier alpha value is -3.90. The maximum Gasteiger partial charge on any atom is 0.495 e. The highest BCUT2D eigenvalue weighted by Crippen LogP contribution is 2.12. The summed E-state index contributed by atoms with van der Waals surface area (Å²) in [5, 5.41) is 9.84. The zero-order chi connectivity index (χ0) is 28.4. The first-order valence-corrected chi connectivity index (χ1v) is 11.8. The number of hydrogen-bond acceptors (Lipinski definition) is 7. The highest BCUT2D eigenvalue weighted by molar-refractivity contribution is 5.97. The molecule has 0 radical (unpaired) electrons. The number of primary amides is 1. The van der Waals surface area contributed by atoms with Crippen LogP contribution in [0.5, 0.6) is 0 Å². The van der Waals surface area contributed by atoms with Crippen molar-refractivity contribution in [2.45, 2.75) is 72.1 Å². The summed E-state index contributed by atoms with van der Waals surface area (Å²) in [6.45, 7) is 8.78. The molecule has 0 saturated heterocycles. The predicted molar refractivity (Wildman–Crippen MR) is 135 cm³/mol. The first-order chi connectivity index (χ1) is 17.3. The van der Waals surface area contributed by atoms with Gasteiger partial charge in [-0.25, -0.2) is 14.4 Å². The minimum absolute atomic E-state index is 0.162. The van der Waals surface area contributed by atoms with Crippen molar-refractivity contribution in [1.29, 1.82) is 0 Å². The third-order valence-electron chi connectivity index (χ3n) is 3.99. The first-order valence-electron chi connectivity index (χ1n) is 11.8. The Morgan fingerprint density at radius 2 is 1.62 bits per heavy atom. The number of nitrogens with two attached hydrogens (primary N) is 1. The molecular formula is C24H38FN5O7. The summed E-state index contributed by atoms with van der Waals surface area (Å²) in [7, 11) is 0. The number of hydrogen-bond donors (Lipinski definition) is 5. The van der Waals surface area contributed by atoms with E-state index in [2.05, 4.69) is 39.9 Å². The van der Waals surface area contributed by atoms with Gasteiger partial charge in [0.15, 0.2) is 0 Å². The molecule has 1 atom stereocenters. The molecule has 0 fully saturated rings. The second-order valence-corrected chi connectivity index (χ2v) is 8.83. The monoisotopic (exact) mass is 527 g/mol. The van der Waals surface area contributed by atoms with Crippen LogP contribution in [0.3, 0.4) is 0 Å². The van der Waals surface area contributed by atoms with Crippen molar-refractivity contribution < 1.29 is 37.8 Å². The molecule has 0 aromatic heterocycles. The molecule has 1 aromatic rings. The van der Waals surface area contributed by atoms with Crippen LogP contribution in [0.2, 0.25) is 0 Å². The average molecular weight is 528 g/mol. The Labute approximate surface area is 216 Å². The fourth-order valence-corrected chi connectivity index (χ4v) is 2.55. The number of halogens is 1. The number of benzene rings is 1. The van der Waals surface area contributed by atoms with Gasteiger partial charge in [-0.3, -0.25) is 9.59 Å². The summed E-state index contributed by atoms with van der Waals surface area (Å²) in [4.78, 5) is 57.8. The van der Waals surface area contributed by atoms with E-state index in [-0.39, 0.29) is 19.6 Å². The van der Waals surface area contributed by atoms with Crippen molar-refractivity contribution in [3.8, 4) is 0 Å². The number of rotatable bonds is 11. The summed E-state index contributed by atoms with van der Waals surface area (Å²) in [5.41, 5.74) is 5.15. The van der Waals surface area contributed by atoms with Gasteiger partial charge in [-0.1, -0.05) is 32.4 Å². The molecule has 5 amide bonds. The van der Waals surface area contributed by atoms with Crippen LogP contribution in [-0.2, 0) is 25.7 Å². The van der Waals surface area contributed by atoms with Gasteiger partial charge in [-0.2, -0.15) is 0 Å². The number of carbonyl (C=O) groups excluding carboxylic acids is 5. The molecule has 1 rings (SSSR count). The molecule has 208 valence electrons. The number of nitrogens with one attached hydrogen (secondary N) is 4. The lowest BCUT2D eigenvalue weighted by Crippen LogP contribution is -2.48. The zero-order valence-corrected chi connectivity index (χ0v) is 21.9. The van der Waals surface area contributed by atoms with Gasteiger partial charge in [0, 0.05) is 12.2 Å². The van der Waals surface area contributed by atoms with Gasteiger partial charge in [0.1, 0.15) is 24.8 Å². The maximum atomic E-state index is 12.7. The molecule has 1 aromatic carbocycles. The molecule has 0 bridgehead atoms. The number of anilines is 1. The SMILES string of the molecule is CC(C)(C)OC(=O)NCC(=O)N[C@@H](CCCNC(N)=O)C(=O)Nc1ccc(COC(=O)F)cc1.CCC. The van der Waals surface area contributed by atoms with Crippen molar-refractivity contribution in [1.82, 2.24) is 16.0 Å². The van der Waals surface area contributed by atoms with E-state index < -0.39 is 48.3 Å². The second-order valence-electron chi connectivity index (χ2n) is 8.83. The molecule has 0 heterocycles. The number of amides is 5. The lowest BCUT2D eigenvalue weighted by Gasteiger charge is -2.21. The van der Waals surface area contributed by atoms with Crippen LogP contribution in [0.4, 0.5) is 24.5 Å². The van der Waals surface area contributed by atoms with Gasteiger partial charge < -0.3 is 36.5 Å². The first kappa shape index (κ1) is 33.1. The third-order valence-corrected chi connectivity index (χ3v) is 3.99. The lowest BCUT2D eigenvalue weighted by molar-refractivity contribution is -0.126. The van der Waals surface area contributed by atoms with Crippen molar-refractivity contribution >= 4 is 35.8 Å². The van der Waals surface area contributed by atoms with Crippen molar-refractivity contribution in [3.05, 3.63) is 29.8 Å². The topological polar surface area (TPSA) is 178 Å². The molecule has 12 nitrogen and oxygen atoms in total. The second kappa shape index (κ2) is 17.5. The Bertz CT molecular complexity index is 888. The smallest absolute Gasteiger partial charge is 0.444 e. The van der Waals surface area contributed by atoms with E-state index in [1.165, 1.54) is 30.7 Å². The number of ether oxygens (including phenoxy) is 2. The zero-order valence-electron chi connectivity index (χ0n) is 21.9. The molecule has 0 unspecified atom stereocenters. The Morgan fingerprint density at radius 1 is 1.03 bits per heavy atom. The van der Waals surface area contributed by atoms with Gasteiger partial charge >= 0.3 is 18.3 Å². The number of carbonyl (C=O) groups is 5. The molecular weight excluding hydrogens is 489 g/mol. The van der Waals surface area contributed by atoms with Crippen LogP contribution in [0.25, 0.3) is 0 Å². The summed E-state index contributed by atoms with van der Waals surface area (Å²) >= 11 is 0. The van der Waals surface area contributed by atoms with E-state index in [0.717, 1.165) is 0 Å². The number of alkyl carbamates (subject to hydrolysis) is 1. The normalized spacial score (nSPS) is 11.1. The number of urea groups is 1. The van der Waals surface area contributed by atoms with E-state index in [0.29, 0.717) is 17.7 Å². The van der Waals surface area contributed by atoms with Crippen LogP contribution in [0.15, 0.2) is 24.3 Å². The van der Waals surface area contributed by atoms with Crippen LogP contribution in [0, 0.1) is 0 Å². The van der Waals surface area contributed by atoms with Crippen molar-refractivity contribution in [2.24, 2.45) is 5.73 Å². The quantitative estimate of drug-likeness (QED) is 0.217. The molecule has 0 saturated carbocycles. The third kappa shape index (κ3) is 18.1. The van der Waals surface area contributed by atoms with Gasteiger partial charge in [0.05, 0.1) is 0 Å². The summed E-state index contributed by atoms with van der Waals surface area (Å²) in [5.74, 6) is -1.18. The largest absolute Gasteiger partial charge is 0.495 e. The molecule has 0 aliphatic rings. The van der Waals surface area contributed by atoms with E-state index in [4.69, 9.17) is 10.5 Å². The standard InChI is InChI=1S/C21H30FN5O7.C3H8/c1-21(2,3)34-20(32)25-11-16(28)27-15(5-4-10-24-19(23)31)17(29)26-14-8-6-13(7-9-14)12-33-18(22)30;1-3-2/h6-9,15H,4-5,10-12H2,1-3H3,(H,25,32)(H,26,29)(H,27,28)(H3,23,24,31);3H2,1-2H3/t15-;/m0./s1. The van der Waals surface area contributed by atoms with Crippen LogP contribution in [-0.4, -0.2) is 54.9 Å². The average Bonchev–Trinajstić information content (AvgIpc) is 2.78. The molecule has 13 heteroatoms. The van der Waals surface area contributed by atoms with E-state index in [9.17, 15) is 28.4 Å². The van der Waals surface area contributed by atoms with Gasteiger partial charge in [0.25, 0.3) is 0 Å². The molecule has 6 N–H and O–H groups in total. The van der Waals surface area contributed by atoms with E-state index in [1.54, 1.807) is 20.8 Å². The fraction of sp³-hybridized carbons (Fsp3) is 0.542. The minimum atomic E-state index is -1.90. The maximum absolute atomic E-state index is 12.7. The fourth-order valence-electron chi connectivity index (χ4n) is 2.55. The highest BCUT2D eigenvalue weighted by atomic mass is 19.1. The Kier molecular flexibility index (Phi) is 15.7. The minimum Gasteiger partial charge on any atom is -0.444 e. The van der Waals surface area contributed by atoms with Gasteiger partial charge in [-0.05, 0) is 51.3 Å². The van der Waals surface area contributed by atoms with Crippen LogP contribution in [0.1, 0.15) is 59.4 Å². The van der Waals surface area contributed by atoms with E-state index in [1.807, 2.05) is 0 Å². The predicted octanol–water partition coefficient (Wildman–Crippen LogP) is 3.11. The van der Waals surface area contributed by atoms with Crippen LogP contribution < -0.4 is 27.0 Å². The Balaban J connectivity index is 0.00000410. The lowest BCUT2D eigenvalue weighted by atomic mass is 10.1. The summed E-state index contributed by atoms with van der Waals surface area (Å²) < 4.78 is 21.5.